The molecule has 3 aliphatic rings. The van der Waals surface area contributed by atoms with Crippen molar-refractivity contribution in [2.24, 2.45) is 0 Å². The summed E-state index contributed by atoms with van der Waals surface area (Å²) in [5.41, 5.74) is 2.74. The molecular formula is C21H28N4O3. The van der Waals surface area contributed by atoms with Crippen LogP contribution in [0.5, 0.6) is 0 Å². The third-order valence-electron chi connectivity index (χ3n) is 6.22. The van der Waals surface area contributed by atoms with Crippen molar-refractivity contribution in [3.05, 3.63) is 34.9 Å². The number of piperidine rings is 1. The second kappa shape index (κ2) is 7.64. The van der Waals surface area contributed by atoms with Crippen LogP contribution in [0.1, 0.15) is 54.6 Å². The fourth-order valence-corrected chi connectivity index (χ4v) is 4.69. The van der Waals surface area contributed by atoms with Crippen LogP contribution in [-0.4, -0.2) is 58.7 Å². The van der Waals surface area contributed by atoms with Gasteiger partial charge >= 0.3 is 0 Å². The highest BCUT2D eigenvalue weighted by molar-refractivity contribution is 6.05. The Balaban J connectivity index is 1.55. The van der Waals surface area contributed by atoms with E-state index >= 15 is 0 Å². The van der Waals surface area contributed by atoms with Gasteiger partial charge in [0.2, 0.25) is 11.8 Å². The number of nitrogens with one attached hydrogen (secondary N) is 2. The van der Waals surface area contributed by atoms with Crippen molar-refractivity contribution in [2.75, 3.05) is 13.1 Å². The van der Waals surface area contributed by atoms with Crippen molar-refractivity contribution < 1.29 is 14.4 Å². The minimum atomic E-state index is -0.562. The number of hydrogen-bond donors (Lipinski definition) is 2. The minimum absolute atomic E-state index is 0.0888. The van der Waals surface area contributed by atoms with Crippen LogP contribution in [0.3, 0.4) is 0 Å². The molecule has 28 heavy (non-hydrogen) atoms. The highest BCUT2D eigenvalue weighted by Crippen LogP contribution is 2.31. The van der Waals surface area contributed by atoms with Gasteiger partial charge < -0.3 is 10.2 Å². The zero-order valence-corrected chi connectivity index (χ0v) is 16.5. The Hall–Kier alpha value is -2.25. The van der Waals surface area contributed by atoms with Gasteiger partial charge in [-0.05, 0) is 37.8 Å². The lowest BCUT2D eigenvalue weighted by molar-refractivity contribution is -0.136. The van der Waals surface area contributed by atoms with Gasteiger partial charge in [-0.15, -0.1) is 0 Å². The van der Waals surface area contributed by atoms with Gasteiger partial charge in [0.15, 0.2) is 0 Å². The molecule has 0 aliphatic carbocycles. The Bertz CT molecular complexity index is 809. The van der Waals surface area contributed by atoms with E-state index in [0.717, 1.165) is 42.7 Å². The maximum atomic E-state index is 13.2. The molecular weight excluding hydrogens is 356 g/mol. The van der Waals surface area contributed by atoms with Gasteiger partial charge in [0.25, 0.3) is 5.91 Å². The van der Waals surface area contributed by atoms with Crippen LogP contribution in [0, 0.1) is 0 Å². The van der Waals surface area contributed by atoms with Crippen molar-refractivity contribution in [1.29, 1.82) is 0 Å². The van der Waals surface area contributed by atoms with Crippen molar-refractivity contribution in [2.45, 2.75) is 64.3 Å². The lowest BCUT2D eigenvalue weighted by atomic mass is 10.0. The topological polar surface area (TPSA) is 81.8 Å². The smallest absolute Gasteiger partial charge is 0.255 e. The number of rotatable bonds is 3. The van der Waals surface area contributed by atoms with Crippen LogP contribution in [0.25, 0.3) is 0 Å². The van der Waals surface area contributed by atoms with Gasteiger partial charge in [-0.2, -0.15) is 0 Å². The number of nitrogens with zero attached hydrogens (tertiary/aromatic N) is 2. The Morgan fingerprint density at radius 2 is 2.00 bits per heavy atom. The third-order valence-corrected chi connectivity index (χ3v) is 6.22. The molecule has 0 radical (unpaired) electrons. The predicted molar refractivity (Wildman–Crippen MR) is 104 cm³/mol. The molecule has 3 heterocycles. The number of fused-ring (bicyclic) bond motifs is 1. The summed E-state index contributed by atoms with van der Waals surface area (Å²) < 4.78 is 0. The largest absolute Gasteiger partial charge is 0.322 e. The standard InChI is InChI=1S/C21H28N4O3/c1-13-10-14(2)24(9-8-22-13)11-15-4-3-5-16-12-25(21(28)19(15)16)17-6-7-18(26)23-20(17)27/h3-5,13-14,17,22H,6-12H2,1-2H3,(H,23,26,27). The number of imide groups is 1. The molecule has 7 nitrogen and oxygen atoms in total. The van der Waals surface area contributed by atoms with Crippen LogP contribution >= 0.6 is 0 Å². The number of hydrogen-bond acceptors (Lipinski definition) is 5. The zero-order valence-electron chi connectivity index (χ0n) is 16.5. The summed E-state index contributed by atoms with van der Waals surface area (Å²) >= 11 is 0. The first-order valence-corrected chi connectivity index (χ1v) is 10.2. The molecule has 1 aromatic carbocycles. The Labute approximate surface area is 165 Å². The monoisotopic (exact) mass is 384 g/mol. The molecule has 0 bridgehead atoms. The van der Waals surface area contributed by atoms with Crippen LogP contribution in [0.15, 0.2) is 18.2 Å². The second-order valence-electron chi connectivity index (χ2n) is 8.26. The van der Waals surface area contributed by atoms with Gasteiger partial charge in [0.05, 0.1) is 0 Å². The molecule has 3 amide bonds. The third kappa shape index (κ3) is 3.56. The fraction of sp³-hybridized carbons (Fsp3) is 0.571. The molecule has 3 atom stereocenters. The number of carbonyl (C=O) groups is 3. The molecule has 3 unspecified atom stereocenters. The van der Waals surface area contributed by atoms with Crippen molar-refractivity contribution in [1.82, 2.24) is 20.4 Å². The molecule has 1 aromatic rings. The summed E-state index contributed by atoms with van der Waals surface area (Å²) in [6.07, 6.45) is 1.75. The van der Waals surface area contributed by atoms with Crippen LogP contribution in [0.4, 0.5) is 0 Å². The maximum Gasteiger partial charge on any atom is 0.255 e. The van der Waals surface area contributed by atoms with E-state index in [-0.39, 0.29) is 24.1 Å². The van der Waals surface area contributed by atoms with E-state index in [4.69, 9.17) is 0 Å². The molecule has 7 heteroatoms. The van der Waals surface area contributed by atoms with Crippen LogP contribution < -0.4 is 10.6 Å². The molecule has 2 fully saturated rings. The number of carbonyl (C=O) groups excluding carboxylic acids is 3. The van der Waals surface area contributed by atoms with E-state index in [0.29, 0.717) is 25.0 Å². The van der Waals surface area contributed by atoms with Crippen molar-refractivity contribution in [3.63, 3.8) is 0 Å². The normalized spacial score (nSPS) is 28.9. The minimum Gasteiger partial charge on any atom is -0.322 e. The maximum absolute atomic E-state index is 13.2. The first kappa shape index (κ1) is 19.1. The predicted octanol–water partition coefficient (Wildman–Crippen LogP) is 1.02. The van der Waals surface area contributed by atoms with Crippen molar-refractivity contribution in [3.8, 4) is 0 Å². The SMILES string of the molecule is CC1CC(C)N(Cc2cccc3c2C(=O)N(C2CCC(=O)NC2=O)C3)CCN1. The fourth-order valence-electron chi connectivity index (χ4n) is 4.69. The summed E-state index contributed by atoms with van der Waals surface area (Å²) in [5, 5.41) is 5.89. The summed E-state index contributed by atoms with van der Waals surface area (Å²) in [6, 6.07) is 6.36. The lowest BCUT2D eigenvalue weighted by Crippen LogP contribution is -2.52. The Morgan fingerprint density at radius 3 is 2.79 bits per heavy atom. The van der Waals surface area contributed by atoms with Crippen molar-refractivity contribution >= 4 is 17.7 Å². The summed E-state index contributed by atoms with van der Waals surface area (Å²) in [4.78, 5) is 41.0. The van der Waals surface area contributed by atoms with Crippen LogP contribution in [0.2, 0.25) is 0 Å². The Morgan fingerprint density at radius 1 is 1.18 bits per heavy atom. The number of benzene rings is 1. The highest BCUT2D eigenvalue weighted by atomic mass is 16.2. The summed E-state index contributed by atoms with van der Waals surface area (Å²) in [6.45, 7) is 7.50. The first-order valence-electron chi connectivity index (χ1n) is 10.2. The number of amides is 3. The van der Waals surface area contributed by atoms with Gasteiger partial charge in [-0.3, -0.25) is 24.6 Å². The summed E-state index contributed by atoms with van der Waals surface area (Å²) in [5.74, 6) is -0.710. The van der Waals surface area contributed by atoms with E-state index in [9.17, 15) is 14.4 Å². The van der Waals surface area contributed by atoms with Gasteiger partial charge in [0, 0.05) is 50.2 Å². The lowest BCUT2D eigenvalue weighted by Gasteiger charge is -2.29. The van der Waals surface area contributed by atoms with E-state index in [2.05, 4.69) is 29.4 Å². The second-order valence-corrected chi connectivity index (χ2v) is 8.26. The van der Waals surface area contributed by atoms with Gasteiger partial charge in [-0.1, -0.05) is 18.2 Å². The average Bonchev–Trinajstić information content (AvgIpc) is 2.89. The first-order chi connectivity index (χ1) is 13.4. The zero-order chi connectivity index (χ0) is 19.8. The molecule has 0 saturated carbocycles. The van der Waals surface area contributed by atoms with E-state index < -0.39 is 6.04 Å². The average molecular weight is 384 g/mol. The quantitative estimate of drug-likeness (QED) is 0.761. The van der Waals surface area contributed by atoms with E-state index in [1.54, 1.807) is 4.90 Å². The highest BCUT2D eigenvalue weighted by Gasteiger charge is 2.40. The van der Waals surface area contributed by atoms with Gasteiger partial charge in [-0.25, -0.2) is 0 Å². The molecule has 4 rings (SSSR count). The Kier molecular flexibility index (Phi) is 5.21. The molecule has 2 saturated heterocycles. The van der Waals surface area contributed by atoms with Crippen LogP contribution in [-0.2, 0) is 22.7 Å². The molecule has 0 aromatic heterocycles. The van der Waals surface area contributed by atoms with E-state index in [1.807, 2.05) is 18.2 Å². The summed E-state index contributed by atoms with van der Waals surface area (Å²) in [7, 11) is 0. The van der Waals surface area contributed by atoms with E-state index in [1.165, 1.54) is 0 Å². The molecule has 2 N–H and O–H groups in total. The van der Waals surface area contributed by atoms with Gasteiger partial charge in [0.1, 0.15) is 6.04 Å². The molecule has 0 spiro atoms. The molecule has 3 aliphatic heterocycles. The molecule has 150 valence electrons.